The first-order chi connectivity index (χ1) is 10.6. The summed E-state index contributed by atoms with van der Waals surface area (Å²) in [6.07, 6.45) is 3.86. The summed E-state index contributed by atoms with van der Waals surface area (Å²) in [5, 5.41) is 4.08. The van der Waals surface area contributed by atoms with Gasteiger partial charge in [-0.15, -0.1) is 0 Å². The quantitative estimate of drug-likeness (QED) is 0.942. The van der Waals surface area contributed by atoms with E-state index in [1.807, 2.05) is 31.2 Å². The highest BCUT2D eigenvalue weighted by Gasteiger charge is 2.20. The minimum atomic E-state index is -0.113. The molecule has 0 saturated carbocycles. The lowest BCUT2D eigenvalue weighted by Gasteiger charge is -2.29. The Bertz CT molecular complexity index is 656. The molecule has 1 N–H and O–H groups in total. The molecule has 2 aromatic rings. The number of rotatable bonds is 4. The largest absolute Gasteiger partial charge is 0.451 e. The highest BCUT2D eigenvalue weighted by Crippen LogP contribution is 2.24. The standard InChI is InChI=1S/C18H24N2O2/c1-13(12-20-10-6-3-7-11-20)19-18(21)17-14(2)15-8-4-5-9-16(15)22-17/h4-5,8-9,13H,3,6-7,10-12H2,1-2H3,(H,19,21)/t13-/m0/s1. The number of nitrogens with zero attached hydrogens (tertiary/aromatic N) is 1. The van der Waals surface area contributed by atoms with Crippen molar-refractivity contribution in [1.82, 2.24) is 10.2 Å². The fourth-order valence-corrected chi connectivity index (χ4v) is 3.26. The predicted octanol–water partition coefficient (Wildman–Crippen LogP) is 3.35. The molecular weight excluding hydrogens is 276 g/mol. The normalized spacial score (nSPS) is 17.5. The zero-order valence-electron chi connectivity index (χ0n) is 13.4. The molecule has 1 amide bonds. The van der Waals surface area contributed by atoms with Gasteiger partial charge in [-0.3, -0.25) is 4.79 Å². The molecule has 1 aliphatic rings. The third-order valence-electron chi connectivity index (χ3n) is 4.41. The number of hydrogen-bond acceptors (Lipinski definition) is 3. The average Bonchev–Trinajstić information content (AvgIpc) is 2.86. The van der Waals surface area contributed by atoms with Crippen LogP contribution < -0.4 is 5.32 Å². The summed E-state index contributed by atoms with van der Waals surface area (Å²) in [5.41, 5.74) is 1.69. The van der Waals surface area contributed by atoms with Crippen LogP contribution in [0.2, 0.25) is 0 Å². The summed E-state index contributed by atoms with van der Waals surface area (Å²) in [5.74, 6) is 0.324. The Labute approximate surface area is 131 Å². The third-order valence-corrected chi connectivity index (χ3v) is 4.41. The number of carbonyl (C=O) groups is 1. The van der Waals surface area contributed by atoms with Crippen LogP contribution in [0, 0.1) is 6.92 Å². The Morgan fingerprint density at radius 3 is 2.73 bits per heavy atom. The van der Waals surface area contributed by atoms with Crippen LogP contribution in [-0.4, -0.2) is 36.5 Å². The maximum Gasteiger partial charge on any atom is 0.287 e. The number of furan rings is 1. The monoisotopic (exact) mass is 300 g/mol. The molecule has 1 atom stereocenters. The van der Waals surface area contributed by atoms with Gasteiger partial charge in [0.2, 0.25) is 0 Å². The highest BCUT2D eigenvalue weighted by molar-refractivity contribution is 5.99. The summed E-state index contributed by atoms with van der Waals surface area (Å²) in [4.78, 5) is 14.9. The van der Waals surface area contributed by atoms with Crippen molar-refractivity contribution in [3.05, 3.63) is 35.6 Å². The maximum atomic E-state index is 12.5. The first-order valence-corrected chi connectivity index (χ1v) is 8.16. The van der Waals surface area contributed by atoms with E-state index in [9.17, 15) is 4.79 Å². The molecule has 4 nitrogen and oxygen atoms in total. The van der Waals surface area contributed by atoms with Gasteiger partial charge in [-0.1, -0.05) is 24.6 Å². The zero-order chi connectivity index (χ0) is 15.5. The lowest BCUT2D eigenvalue weighted by molar-refractivity contribution is 0.0899. The minimum Gasteiger partial charge on any atom is -0.451 e. The summed E-state index contributed by atoms with van der Waals surface area (Å²) in [7, 11) is 0. The second-order valence-corrected chi connectivity index (χ2v) is 6.29. The van der Waals surface area contributed by atoms with Gasteiger partial charge in [0.15, 0.2) is 5.76 Å². The van der Waals surface area contributed by atoms with Crippen LogP contribution in [0.25, 0.3) is 11.0 Å². The molecule has 0 aliphatic carbocycles. The van der Waals surface area contributed by atoms with Crippen LogP contribution in [-0.2, 0) is 0 Å². The fourth-order valence-electron chi connectivity index (χ4n) is 3.26. The molecule has 0 spiro atoms. The molecule has 1 saturated heterocycles. The molecule has 2 heterocycles. The number of nitrogens with one attached hydrogen (secondary N) is 1. The van der Waals surface area contributed by atoms with E-state index in [1.54, 1.807) is 0 Å². The zero-order valence-corrected chi connectivity index (χ0v) is 13.4. The van der Waals surface area contributed by atoms with E-state index in [2.05, 4.69) is 17.1 Å². The molecule has 3 rings (SSSR count). The van der Waals surface area contributed by atoms with Gasteiger partial charge in [-0.25, -0.2) is 0 Å². The molecular formula is C18H24N2O2. The number of amides is 1. The second-order valence-electron chi connectivity index (χ2n) is 6.29. The number of para-hydroxylation sites is 1. The SMILES string of the molecule is Cc1c(C(=O)N[C@@H](C)CN2CCCCC2)oc2ccccc12. The van der Waals surface area contributed by atoms with Crippen molar-refractivity contribution < 1.29 is 9.21 Å². The van der Waals surface area contributed by atoms with E-state index in [1.165, 1.54) is 19.3 Å². The number of benzene rings is 1. The van der Waals surface area contributed by atoms with Gasteiger partial charge in [-0.05, 0) is 45.8 Å². The van der Waals surface area contributed by atoms with Gasteiger partial charge in [0.25, 0.3) is 5.91 Å². The number of likely N-dealkylation sites (tertiary alicyclic amines) is 1. The molecule has 0 unspecified atom stereocenters. The lowest BCUT2D eigenvalue weighted by Crippen LogP contribution is -2.43. The van der Waals surface area contributed by atoms with Crippen LogP contribution in [0.3, 0.4) is 0 Å². The first kappa shape index (κ1) is 15.1. The topological polar surface area (TPSA) is 45.5 Å². The molecule has 0 radical (unpaired) electrons. The van der Waals surface area contributed by atoms with Crippen LogP contribution in [0.4, 0.5) is 0 Å². The Balaban J connectivity index is 1.66. The average molecular weight is 300 g/mol. The molecule has 0 bridgehead atoms. The Kier molecular flexibility index (Phi) is 4.48. The number of carbonyl (C=O) groups excluding carboxylic acids is 1. The highest BCUT2D eigenvalue weighted by atomic mass is 16.3. The van der Waals surface area contributed by atoms with E-state index < -0.39 is 0 Å². The number of hydrogen-bond donors (Lipinski definition) is 1. The van der Waals surface area contributed by atoms with Gasteiger partial charge >= 0.3 is 0 Å². The van der Waals surface area contributed by atoms with Crippen molar-refractivity contribution in [3.63, 3.8) is 0 Å². The molecule has 118 valence electrons. The Morgan fingerprint density at radius 1 is 1.27 bits per heavy atom. The van der Waals surface area contributed by atoms with Crippen molar-refractivity contribution in [3.8, 4) is 0 Å². The van der Waals surface area contributed by atoms with Crippen molar-refractivity contribution in [2.75, 3.05) is 19.6 Å². The van der Waals surface area contributed by atoms with Gasteiger partial charge in [-0.2, -0.15) is 0 Å². The summed E-state index contributed by atoms with van der Waals surface area (Å²) in [6, 6.07) is 7.90. The van der Waals surface area contributed by atoms with Gasteiger partial charge in [0.1, 0.15) is 5.58 Å². The summed E-state index contributed by atoms with van der Waals surface area (Å²) in [6.45, 7) is 7.19. The van der Waals surface area contributed by atoms with Crippen LogP contribution >= 0.6 is 0 Å². The number of fused-ring (bicyclic) bond motifs is 1. The molecule has 4 heteroatoms. The van der Waals surface area contributed by atoms with Gasteiger partial charge < -0.3 is 14.6 Å². The molecule has 1 aromatic heterocycles. The summed E-state index contributed by atoms with van der Waals surface area (Å²) < 4.78 is 5.73. The van der Waals surface area contributed by atoms with Gasteiger partial charge in [0, 0.05) is 23.5 Å². The smallest absolute Gasteiger partial charge is 0.287 e. The minimum absolute atomic E-state index is 0.113. The van der Waals surface area contributed by atoms with Crippen LogP contribution in [0.15, 0.2) is 28.7 Å². The van der Waals surface area contributed by atoms with E-state index in [0.29, 0.717) is 5.76 Å². The van der Waals surface area contributed by atoms with Gasteiger partial charge in [0.05, 0.1) is 0 Å². The van der Waals surface area contributed by atoms with E-state index in [4.69, 9.17) is 4.42 Å². The first-order valence-electron chi connectivity index (χ1n) is 8.16. The predicted molar refractivity (Wildman–Crippen MR) is 88.2 cm³/mol. The van der Waals surface area contributed by atoms with Crippen molar-refractivity contribution in [2.24, 2.45) is 0 Å². The van der Waals surface area contributed by atoms with E-state index in [0.717, 1.165) is 36.2 Å². The molecule has 1 aliphatic heterocycles. The third kappa shape index (κ3) is 3.17. The molecule has 1 fully saturated rings. The number of piperidine rings is 1. The molecule has 22 heavy (non-hydrogen) atoms. The van der Waals surface area contributed by atoms with E-state index >= 15 is 0 Å². The lowest BCUT2D eigenvalue weighted by atomic mass is 10.1. The maximum absolute atomic E-state index is 12.5. The van der Waals surface area contributed by atoms with E-state index in [-0.39, 0.29) is 11.9 Å². The Morgan fingerprint density at radius 2 is 2.00 bits per heavy atom. The fraction of sp³-hybridized carbons (Fsp3) is 0.500. The van der Waals surface area contributed by atoms with Crippen molar-refractivity contribution >= 4 is 16.9 Å². The van der Waals surface area contributed by atoms with Crippen LogP contribution in [0.5, 0.6) is 0 Å². The summed E-state index contributed by atoms with van der Waals surface area (Å²) >= 11 is 0. The molecule has 1 aromatic carbocycles. The number of aryl methyl sites for hydroxylation is 1. The van der Waals surface area contributed by atoms with Crippen LogP contribution in [0.1, 0.15) is 42.3 Å². The Hall–Kier alpha value is -1.81. The van der Waals surface area contributed by atoms with Crippen molar-refractivity contribution in [1.29, 1.82) is 0 Å². The van der Waals surface area contributed by atoms with Crippen molar-refractivity contribution in [2.45, 2.75) is 39.2 Å². The second kappa shape index (κ2) is 6.53.